The number of nitro benzene ring substituents is 1. The van der Waals surface area contributed by atoms with Crippen LogP contribution in [0.1, 0.15) is 34.1 Å². The highest BCUT2D eigenvalue weighted by molar-refractivity contribution is 7.98. The van der Waals surface area contributed by atoms with Crippen LogP contribution in [0.15, 0.2) is 42.5 Å². The van der Waals surface area contributed by atoms with E-state index in [1.54, 1.807) is 12.1 Å². The highest BCUT2D eigenvalue weighted by Gasteiger charge is 2.43. The topological polar surface area (TPSA) is 136 Å². The van der Waals surface area contributed by atoms with Crippen molar-refractivity contribution in [1.82, 2.24) is 4.90 Å². The first kappa shape index (κ1) is 25.2. The summed E-state index contributed by atoms with van der Waals surface area (Å²) in [5, 5.41) is 13.2. The molecule has 178 valence electrons. The maximum absolute atomic E-state index is 13.0. The molecule has 0 aliphatic carbocycles. The second-order valence-corrected chi connectivity index (χ2v) is 8.71. The number of rotatable bonds is 9. The molecule has 3 amide bonds. The third kappa shape index (κ3) is 5.20. The molecule has 0 radical (unpaired) electrons. The minimum Gasteiger partial charge on any atom is -0.451 e. The summed E-state index contributed by atoms with van der Waals surface area (Å²) >= 11 is 7.41. The van der Waals surface area contributed by atoms with Gasteiger partial charge in [0.1, 0.15) is 6.04 Å². The van der Waals surface area contributed by atoms with Crippen molar-refractivity contribution in [2.75, 3.05) is 17.3 Å². The predicted octanol–water partition coefficient (Wildman–Crippen LogP) is 3.54. The molecule has 1 aliphatic heterocycles. The molecule has 2 aromatic rings. The van der Waals surface area contributed by atoms with Gasteiger partial charge in [-0.25, -0.2) is 4.79 Å². The molecular formula is C22H20ClN3O7S. The second kappa shape index (κ2) is 10.7. The van der Waals surface area contributed by atoms with E-state index in [4.69, 9.17) is 16.3 Å². The van der Waals surface area contributed by atoms with Crippen LogP contribution >= 0.6 is 23.4 Å². The number of esters is 1. The Labute approximate surface area is 203 Å². The fourth-order valence-electron chi connectivity index (χ4n) is 3.33. The Balaban J connectivity index is 1.73. The molecule has 12 heteroatoms. The molecule has 0 bridgehead atoms. The minimum absolute atomic E-state index is 0.0649. The van der Waals surface area contributed by atoms with E-state index in [2.05, 4.69) is 5.32 Å². The standard InChI is InChI=1S/C22H20ClN3O7S/c1-12(19(27)24-17-8-7-13(26(31)32)11-16(17)23)33-22(30)18(9-10-34-2)25-20(28)14-5-3-4-6-15(14)21(25)29/h3-8,11-12,18H,9-10H2,1-2H3,(H,24,27)/t12-,18-/m0/s1. The lowest BCUT2D eigenvalue weighted by Gasteiger charge is -2.25. The van der Waals surface area contributed by atoms with Crippen molar-refractivity contribution in [3.05, 3.63) is 68.7 Å². The number of nitrogens with one attached hydrogen (secondary N) is 1. The van der Waals surface area contributed by atoms with Crippen molar-refractivity contribution in [3.63, 3.8) is 0 Å². The molecule has 10 nitrogen and oxygen atoms in total. The summed E-state index contributed by atoms with van der Waals surface area (Å²) in [5.74, 6) is -2.38. The van der Waals surface area contributed by atoms with Gasteiger partial charge in [-0.1, -0.05) is 23.7 Å². The molecule has 0 aromatic heterocycles. The number of thioether (sulfide) groups is 1. The number of carbonyl (C=O) groups is 4. The van der Waals surface area contributed by atoms with Gasteiger partial charge in [0, 0.05) is 12.1 Å². The van der Waals surface area contributed by atoms with E-state index in [-0.39, 0.29) is 33.9 Å². The Kier molecular flexibility index (Phi) is 7.90. The molecule has 2 atom stereocenters. The number of amides is 3. The number of halogens is 1. The van der Waals surface area contributed by atoms with Crippen LogP contribution in [-0.2, 0) is 14.3 Å². The number of hydrogen-bond acceptors (Lipinski definition) is 8. The van der Waals surface area contributed by atoms with Gasteiger partial charge in [0.2, 0.25) is 0 Å². The van der Waals surface area contributed by atoms with Gasteiger partial charge in [-0.2, -0.15) is 11.8 Å². The van der Waals surface area contributed by atoms with E-state index >= 15 is 0 Å². The number of benzene rings is 2. The number of hydrogen-bond donors (Lipinski definition) is 1. The van der Waals surface area contributed by atoms with Crippen molar-refractivity contribution >= 4 is 58.4 Å². The van der Waals surface area contributed by atoms with Crippen LogP contribution in [-0.4, -0.2) is 57.7 Å². The highest BCUT2D eigenvalue weighted by atomic mass is 35.5. The van der Waals surface area contributed by atoms with Crippen molar-refractivity contribution < 1.29 is 28.8 Å². The molecule has 0 saturated carbocycles. The van der Waals surface area contributed by atoms with E-state index < -0.39 is 40.8 Å². The largest absolute Gasteiger partial charge is 0.451 e. The Hall–Kier alpha value is -3.44. The molecule has 3 rings (SSSR count). The number of ether oxygens (including phenoxy) is 1. The molecule has 0 fully saturated rings. The zero-order valence-electron chi connectivity index (χ0n) is 18.1. The van der Waals surface area contributed by atoms with Gasteiger partial charge in [-0.3, -0.25) is 29.4 Å². The fraction of sp³-hybridized carbons (Fsp3) is 0.273. The Morgan fingerprint density at radius 2 is 1.79 bits per heavy atom. The van der Waals surface area contributed by atoms with Crippen LogP contribution in [0.25, 0.3) is 0 Å². The number of anilines is 1. The lowest BCUT2D eigenvalue weighted by atomic mass is 10.1. The van der Waals surface area contributed by atoms with Gasteiger partial charge in [-0.15, -0.1) is 0 Å². The fourth-order valence-corrected chi connectivity index (χ4v) is 4.01. The molecule has 1 aliphatic rings. The van der Waals surface area contributed by atoms with E-state index in [9.17, 15) is 29.3 Å². The van der Waals surface area contributed by atoms with Crippen molar-refractivity contribution in [2.24, 2.45) is 0 Å². The number of nitro groups is 1. The van der Waals surface area contributed by atoms with E-state index in [0.717, 1.165) is 11.0 Å². The van der Waals surface area contributed by atoms with Crippen LogP contribution in [0.2, 0.25) is 5.02 Å². The van der Waals surface area contributed by atoms with Gasteiger partial charge in [0.25, 0.3) is 23.4 Å². The van der Waals surface area contributed by atoms with E-state index in [1.807, 2.05) is 6.26 Å². The first-order valence-electron chi connectivity index (χ1n) is 10.1. The zero-order valence-corrected chi connectivity index (χ0v) is 19.7. The molecule has 1 N–H and O–H groups in total. The molecule has 2 aromatic carbocycles. The summed E-state index contributed by atoms with van der Waals surface area (Å²) in [4.78, 5) is 62.3. The predicted molar refractivity (Wildman–Crippen MR) is 126 cm³/mol. The van der Waals surface area contributed by atoms with Gasteiger partial charge < -0.3 is 10.1 Å². The third-order valence-corrected chi connectivity index (χ3v) is 6.04. The Morgan fingerprint density at radius 1 is 1.18 bits per heavy atom. The molecular weight excluding hydrogens is 486 g/mol. The maximum Gasteiger partial charge on any atom is 0.330 e. The quantitative estimate of drug-likeness (QED) is 0.236. The van der Waals surface area contributed by atoms with Crippen LogP contribution in [0.4, 0.5) is 11.4 Å². The first-order chi connectivity index (χ1) is 16.1. The average molecular weight is 506 g/mol. The number of imide groups is 1. The summed E-state index contributed by atoms with van der Waals surface area (Å²) in [6.45, 7) is 1.32. The van der Waals surface area contributed by atoms with Crippen LogP contribution in [0.3, 0.4) is 0 Å². The molecule has 0 saturated heterocycles. The first-order valence-corrected chi connectivity index (χ1v) is 11.8. The zero-order chi connectivity index (χ0) is 25.0. The van der Waals surface area contributed by atoms with Gasteiger partial charge in [-0.05, 0) is 43.6 Å². The number of fused-ring (bicyclic) bond motifs is 1. The molecule has 1 heterocycles. The van der Waals surface area contributed by atoms with Crippen molar-refractivity contribution in [2.45, 2.75) is 25.5 Å². The van der Waals surface area contributed by atoms with Crippen LogP contribution in [0.5, 0.6) is 0 Å². The lowest BCUT2D eigenvalue weighted by molar-refractivity contribution is -0.384. The minimum atomic E-state index is -1.30. The summed E-state index contributed by atoms with van der Waals surface area (Å²) in [6, 6.07) is 8.56. The van der Waals surface area contributed by atoms with E-state index in [1.165, 1.54) is 43.0 Å². The van der Waals surface area contributed by atoms with Gasteiger partial charge in [0.15, 0.2) is 6.10 Å². The third-order valence-electron chi connectivity index (χ3n) is 5.09. The normalized spacial score (nSPS) is 14.4. The van der Waals surface area contributed by atoms with Crippen molar-refractivity contribution in [3.8, 4) is 0 Å². The van der Waals surface area contributed by atoms with Crippen molar-refractivity contribution in [1.29, 1.82) is 0 Å². The Bertz CT molecular complexity index is 1140. The molecule has 0 unspecified atom stereocenters. The summed E-state index contributed by atoms with van der Waals surface area (Å²) < 4.78 is 5.30. The van der Waals surface area contributed by atoms with E-state index in [0.29, 0.717) is 5.75 Å². The Morgan fingerprint density at radius 3 is 2.32 bits per heavy atom. The number of carbonyl (C=O) groups excluding carboxylic acids is 4. The SMILES string of the molecule is CSCC[C@@H](C(=O)O[C@@H](C)C(=O)Nc1ccc([N+](=O)[O-])cc1Cl)N1C(=O)c2ccccc2C1=O. The molecule has 34 heavy (non-hydrogen) atoms. The summed E-state index contributed by atoms with van der Waals surface area (Å²) in [5.41, 5.74) is 0.251. The van der Waals surface area contributed by atoms with Crippen LogP contribution < -0.4 is 5.32 Å². The lowest BCUT2D eigenvalue weighted by Crippen LogP contribution is -2.47. The summed E-state index contributed by atoms with van der Waals surface area (Å²) in [7, 11) is 0. The average Bonchev–Trinajstić information content (AvgIpc) is 3.05. The van der Waals surface area contributed by atoms with Gasteiger partial charge in [0.05, 0.1) is 26.8 Å². The maximum atomic E-state index is 13.0. The number of non-ortho nitro benzene ring substituents is 1. The number of nitrogens with zero attached hydrogens (tertiary/aromatic N) is 2. The molecule has 0 spiro atoms. The summed E-state index contributed by atoms with van der Waals surface area (Å²) in [6.07, 6.45) is 0.661. The van der Waals surface area contributed by atoms with Gasteiger partial charge >= 0.3 is 5.97 Å². The monoisotopic (exact) mass is 505 g/mol. The smallest absolute Gasteiger partial charge is 0.330 e. The highest BCUT2D eigenvalue weighted by Crippen LogP contribution is 2.28. The van der Waals surface area contributed by atoms with Crippen LogP contribution in [0, 0.1) is 10.1 Å². The second-order valence-electron chi connectivity index (χ2n) is 7.31.